The van der Waals surface area contributed by atoms with Crippen molar-refractivity contribution in [2.24, 2.45) is 0 Å². The van der Waals surface area contributed by atoms with Gasteiger partial charge in [-0.3, -0.25) is 3.59 Å². The molecule has 0 amide bonds. The molecule has 0 saturated carbocycles. The molecular weight excluding hydrogens is 311 g/mol. The molecule has 1 aromatic heterocycles. The van der Waals surface area contributed by atoms with Crippen molar-refractivity contribution < 1.29 is 0 Å². The summed E-state index contributed by atoms with van der Waals surface area (Å²) in [4.78, 5) is 0. The highest BCUT2D eigenvalue weighted by Gasteiger charge is 2.13. The van der Waals surface area contributed by atoms with Crippen molar-refractivity contribution in [1.29, 1.82) is 5.26 Å². The minimum Gasteiger partial charge on any atom is -0.282 e. The number of benzene rings is 1. The van der Waals surface area contributed by atoms with Crippen LogP contribution in [0.1, 0.15) is 5.56 Å². The zero-order chi connectivity index (χ0) is 11.7. The number of halogens is 3. The Morgan fingerprint density at radius 2 is 2.00 bits per heavy atom. The van der Waals surface area contributed by atoms with Gasteiger partial charge in [-0.2, -0.15) is 5.26 Å². The predicted molar refractivity (Wildman–Crippen MR) is 68.9 cm³/mol. The molecule has 5 heteroatoms. The number of hydrogen-bond donors (Lipinski definition) is 0. The predicted octanol–water partition coefficient (Wildman–Crippen LogP) is 4.49. The first kappa shape index (κ1) is 11.5. The normalized spacial score (nSPS) is 10.1. The van der Waals surface area contributed by atoms with E-state index in [-0.39, 0.29) is 0 Å². The number of hydrogen-bond acceptors (Lipinski definition) is 1. The van der Waals surface area contributed by atoms with E-state index >= 15 is 0 Å². The van der Waals surface area contributed by atoms with Crippen LogP contribution in [0.2, 0.25) is 10.0 Å². The third-order valence-corrected chi connectivity index (χ3v) is 3.29. The molecule has 0 aliphatic heterocycles. The number of nitriles is 1. The molecule has 1 aromatic carbocycles. The molecule has 0 fully saturated rings. The van der Waals surface area contributed by atoms with Crippen molar-refractivity contribution in [3.05, 3.63) is 46.1 Å². The van der Waals surface area contributed by atoms with Crippen molar-refractivity contribution in [2.45, 2.75) is 0 Å². The zero-order valence-corrected chi connectivity index (χ0v) is 11.0. The van der Waals surface area contributed by atoms with Crippen molar-refractivity contribution in [1.82, 2.24) is 3.59 Å². The lowest BCUT2D eigenvalue weighted by molar-refractivity contribution is 1.32. The molecule has 2 rings (SSSR count). The van der Waals surface area contributed by atoms with Crippen molar-refractivity contribution >= 4 is 39.3 Å². The molecule has 0 unspecified atom stereocenters. The van der Waals surface area contributed by atoms with Gasteiger partial charge in [-0.1, -0.05) is 23.2 Å². The maximum atomic E-state index is 8.99. The average molecular weight is 316 g/mol. The average Bonchev–Trinajstić information content (AvgIpc) is 2.60. The Bertz CT molecular complexity index is 584. The number of nitrogens with zero attached hydrogens (tertiary/aromatic N) is 2. The summed E-state index contributed by atoms with van der Waals surface area (Å²) in [6, 6.07) is 9.01. The number of aromatic nitrogens is 1. The molecule has 2 nitrogen and oxygen atoms in total. The quantitative estimate of drug-likeness (QED) is 0.762. The van der Waals surface area contributed by atoms with Gasteiger partial charge in [0.2, 0.25) is 0 Å². The Morgan fingerprint density at radius 3 is 2.62 bits per heavy atom. The highest BCUT2D eigenvalue weighted by Crippen LogP contribution is 2.33. The second-order valence-corrected chi connectivity index (χ2v) is 4.73. The minimum absolute atomic E-state index is 0.517. The largest absolute Gasteiger partial charge is 0.282 e. The molecule has 0 radical (unpaired) electrons. The lowest BCUT2D eigenvalue weighted by atomic mass is 10.1. The fourth-order valence-electron chi connectivity index (χ4n) is 1.44. The van der Waals surface area contributed by atoms with Gasteiger partial charge in [0.05, 0.1) is 32.4 Å². The van der Waals surface area contributed by atoms with E-state index in [4.69, 9.17) is 28.5 Å². The zero-order valence-electron chi connectivity index (χ0n) is 7.92. The van der Waals surface area contributed by atoms with Crippen molar-refractivity contribution in [3.63, 3.8) is 0 Å². The lowest BCUT2D eigenvalue weighted by Crippen LogP contribution is -1.87. The SMILES string of the molecule is N#Cc1ccn(Br)c1-c1ccc(Cl)cc1Cl. The van der Waals surface area contributed by atoms with Gasteiger partial charge >= 0.3 is 0 Å². The van der Waals surface area contributed by atoms with Crippen LogP contribution in [-0.2, 0) is 0 Å². The summed E-state index contributed by atoms with van der Waals surface area (Å²) in [6.45, 7) is 0. The second-order valence-electron chi connectivity index (χ2n) is 3.13. The van der Waals surface area contributed by atoms with Crippen LogP contribution in [-0.4, -0.2) is 3.59 Å². The minimum atomic E-state index is 0.517. The molecule has 0 aliphatic carbocycles. The van der Waals surface area contributed by atoms with Crippen LogP contribution in [0.5, 0.6) is 0 Å². The molecule has 0 N–H and O–H groups in total. The monoisotopic (exact) mass is 314 g/mol. The van der Waals surface area contributed by atoms with Gasteiger partial charge < -0.3 is 0 Å². The molecule has 0 bridgehead atoms. The second kappa shape index (κ2) is 4.50. The molecule has 1 heterocycles. The van der Waals surface area contributed by atoms with E-state index in [2.05, 4.69) is 22.2 Å². The summed E-state index contributed by atoms with van der Waals surface area (Å²) in [5, 5.41) is 10.1. The molecule has 2 aromatic rings. The van der Waals surface area contributed by atoms with Gasteiger partial charge in [-0.25, -0.2) is 0 Å². The molecule has 0 atom stereocenters. The van der Waals surface area contributed by atoms with Crippen molar-refractivity contribution in [2.75, 3.05) is 0 Å². The Labute approximate surface area is 111 Å². The molecule has 16 heavy (non-hydrogen) atoms. The fourth-order valence-corrected chi connectivity index (χ4v) is 2.44. The third kappa shape index (κ3) is 1.97. The van der Waals surface area contributed by atoms with Crippen LogP contribution < -0.4 is 0 Å². The van der Waals surface area contributed by atoms with Crippen molar-refractivity contribution in [3.8, 4) is 17.3 Å². The first-order valence-corrected chi connectivity index (χ1v) is 5.83. The van der Waals surface area contributed by atoms with E-state index in [1.807, 2.05) is 0 Å². The molecule has 0 saturated heterocycles. The van der Waals surface area contributed by atoms with Gasteiger partial charge in [-0.15, -0.1) is 0 Å². The lowest BCUT2D eigenvalue weighted by Gasteiger charge is -2.05. The van der Waals surface area contributed by atoms with Crippen LogP contribution in [0.3, 0.4) is 0 Å². The molecule has 0 aliphatic rings. The maximum absolute atomic E-state index is 8.99. The summed E-state index contributed by atoms with van der Waals surface area (Å²) in [5.41, 5.74) is 2.05. The smallest absolute Gasteiger partial charge is 0.101 e. The Hall–Kier alpha value is -0.950. The summed E-state index contributed by atoms with van der Waals surface area (Å²) in [5.74, 6) is 0. The Morgan fingerprint density at radius 1 is 1.25 bits per heavy atom. The molecule has 80 valence electrons. The van der Waals surface area contributed by atoms with Crippen LogP contribution in [0.25, 0.3) is 11.3 Å². The van der Waals surface area contributed by atoms with E-state index in [1.165, 1.54) is 0 Å². The van der Waals surface area contributed by atoms with Gasteiger partial charge in [0.1, 0.15) is 6.07 Å². The summed E-state index contributed by atoms with van der Waals surface area (Å²) in [6.07, 6.45) is 1.75. The first-order chi connectivity index (χ1) is 7.63. The first-order valence-electron chi connectivity index (χ1n) is 4.36. The van der Waals surface area contributed by atoms with E-state index in [0.29, 0.717) is 15.6 Å². The molecular formula is C11H5BrCl2N2. The van der Waals surface area contributed by atoms with E-state index in [0.717, 1.165) is 11.3 Å². The summed E-state index contributed by atoms with van der Waals surface area (Å²) >= 11 is 15.2. The molecule has 0 spiro atoms. The summed E-state index contributed by atoms with van der Waals surface area (Å²) in [7, 11) is 0. The topological polar surface area (TPSA) is 28.7 Å². The van der Waals surface area contributed by atoms with Gasteiger partial charge in [0.15, 0.2) is 0 Å². The standard InChI is InChI=1S/C11H5BrCl2N2/c12-16-4-3-7(6-15)11(16)9-2-1-8(13)5-10(9)14/h1-5H. The third-order valence-electron chi connectivity index (χ3n) is 2.15. The highest BCUT2D eigenvalue weighted by atomic mass is 79.9. The van der Waals surface area contributed by atoms with Crippen LogP contribution in [0.15, 0.2) is 30.5 Å². The summed E-state index contributed by atoms with van der Waals surface area (Å²) < 4.78 is 1.68. The van der Waals surface area contributed by atoms with Gasteiger partial charge in [0, 0.05) is 16.8 Å². The van der Waals surface area contributed by atoms with Crippen LogP contribution >= 0.6 is 39.3 Å². The van der Waals surface area contributed by atoms with Gasteiger partial charge in [-0.05, 0) is 24.3 Å². The van der Waals surface area contributed by atoms with Crippen LogP contribution in [0, 0.1) is 11.3 Å². The van der Waals surface area contributed by atoms with E-state index < -0.39 is 0 Å². The van der Waals surface area contributed by atoms with Gasteiger partial charge in [0.25, 0.3) is 0 Å². The Balaban J connectivity index is 2.68. The Kier molecular flexibility index (Phi) is 3.25. The highest BCUT2D eigenvalue weighted by molar-refractivity contribution is 9.08. The van der Waals surface area contributed by atoms with E-state index in [9.17, 15) is 0 Å². The fraction of sp³-hybridized carbons (Fsp3) is 0. The maximum Gasteiger partial charge on any atom is 0.101 e. The number of rotatable bonds is 1. The van der Waals surface area contributed by atoms with Crippen LogP contribution in [0.4, 0.5) is 0 Å². The van der Waals surface area contributed by atoms with E-state index in [1.54, 1.807) is 34.1 Å².